The predicted molar refractivity (Wildman–Crippen MR) is 93.0 cm³/mol. The molecule has 2 rings (SSSR count). The number of halogens is 1. The van der Waals surface area contributed by atoms with Crippen LogP contribution < -0.4 is 11.3 Å². The number of primary amides is 1. The molecule has 0 saturated heterocycles. The average molecular weight is 382 g/mol. The highest BCUT2D eigenvalue weighted by atomic mass is 35.5. The lowest BCUT2D eigenvalue weighted by Gasteiger charge is -2.14. The number of nitrogens with zero attached hydrogens (tertiary/aromatic N) is 2. The second kappa shape index (κ2) is 8.56. The van der Waals surface area contributed by atoms with Gasteiger partial charge in [0.15, 0.2) is 0 Å². The van der Waals surface area contributed by atoms with Crippen molar-refractivity contribution in [3.63, 3.8) is 0 Å². The molecule has 1 amide bonds. The largest absolute Gasteiger partial charge is 0.389 e. The maximum atomic E-state index is 12.1. The highest BCUT2D eigenvalue weighted by Crippen LogP contribution is 2.12. The van der Waals surface area contributed by atoms with E-state index in [9.17, 15) is 24.8 Å². The first-order valence-corrected chi connectivity index (χ1v) is 7.84. The maximum absolute atomic E-state index is 12.1. The van der Waals surface area contributed by atoms with Crippen molar-refractivity contribution >= 4 is 23.2 Å². The van der Waals surface area contributed by atoms with Crippen LogP contribution in [0.3, 0.4) is 0 Å². The van der Waals surface area contributed by atoms with Crippen LogP contribution in [0.15, 0.2) is 41.3 Å². The molecular weight excluding hydrogens is 366 g/mol. The van der Waals surface area contributed by atoms with Gasteiger partial charge in [-0.3, -0.25) is 19.7 Å². The maximum Gasteiger partial charge on any atom is 0.286 e. The molecule has 26 heavy (non-hydrogen) atoms. The molecule has 2 aromatic rings. The van der Waals surface area contributed by atoms with Gasteiger partial charge in [-0.1, -0.05) is 23.7 Å². The standard InChI is InChI=1S/C16H16ClN3O6/c17-11-3-1-10(2-4-11)8-26-9-13(21)7-19-6-12(20(24)25)5-14(15(18)22)16(19)23/h1-6,13,21H,7-9H2,(H2,18,22). The van der Waals surface area contributed by atoms with E-state index in [1.54, 1.807) is 24.3 Å². The zero-order chi connectivity index (χ0) is 19.3. The highest BCUT2D eigenvalue weighted by Gasteiger charge is 2.19. The monoisotopic (exact) mass is 381 g/mol. The third-order valence-corrected chi connectivity index (χ3v) is 3.70. The lowest BCUT2D eigenvalue weighted by Crippen LogP contribution is -2.34. The molecule has 0 bridgehead atoms. The molecule has 1 heterocycles. The van der Waals surface area contributed by atoms with E-state index < -0.39 is 33.7 Å². The van der Waals surface area contributed by atoms with Crippen molar-refractivity contribution in [3.8, 4) is 0 Å². The van der Waals surface area contributed by atoms with E-state index in [0.29, 0.717) is 5.02 Å². The Hall–Kier alpha value is -2.75. The van der Waals surface area contributed by atoms with E-state index in [-0.39, 0.29) is 19.8 Å². The molecule has 138 valence electrons. The van der Waals surface area contributed by atoms with Gasteiger partial charge in [-0.15, -0.1) is 0 Å². The van der Waals surface area contributed by atoms with E-state index in [1.807, 2.05) is 0 Å². The smallest absolute Gasteiger partial charge is 0.286 e. The normalized spacial score (nSPS) is 11.9. The number of amides is 1. The molecule has 1 aromatic heterocycles. The van der Waals surface area contributed by atoms with Crippen molar-refractivity contribution in [1.29, 1.82) is 0 Å². The third-order valence-electron chi connectivity index (χ3n) is 3.45. The van der Waals surface area contributed by atoms with E-state index in [2.05, 4.69) is 0 Å². The first-order chi connectivity index (χ1) is 12.3. The number of nitro groups is 1. The van der Waals surface area contributed by atoms with Gasteiger partial charge >= 0.3 is 0 Å². The summed E-state index contributed by atoms with van der Waals surface area (Å²) < 4.78 is 6.22. The van der Waals surface area contributed by atoms with Crippen molar-refractivity contribution < 1.29 is 19.6 Å². The minimum atomic E-state index is -1.12. The van der Waals surface area contributed by atoms with Crippen LogP contribution in [-0.4, -0.2) is 33.2 Å². The summed E-state index contributed by atoms with van der Waals surface area (Å²) in [7, 11) is 0. The summed E-state index contributed by atoms with van der Waals surface area (Å²) in [4.78, 5) is 33.6. The van der Waals surface area contributed by atoms with Crippen LogP contribution in [0.4, 0.5) is 5.69 Å². The molecule has 0 aliphatic carbocycles. The molecule has 0 spiro atoms. The van der Waals surface area contributed by atoms with Crippen LogP contribution in [0.2, 0.25) is 5.02 Å². The van der Waals surface area contributed by atoms with Gasteiger partial charge in [0.05, 0.1) is 37.0 Å². The van der Waals surface area contributed by atoms with Gasteiger partial charge < -0.3 is 20.1 Å². The number of ether oxygens (including phenoxy) is 1. The third kappa shape index (κ3) is 5.12. The molecule has 0 fully saturated rings. The summed E-state index contributed by atoms with van der Waals surface area (Å²) in [5.41, 5.74) is 4.09. The zero-order valence-electron chi connectivity index (χ0n) is 13.5. The quantitative estimate of drug-likeness (QED) is 0.518. The minimum Gasteiger partial charge on any atom is -0.389 e. The Morgan fingerprint density at radius 1 is 1.38 bits per heavy atom. The molecule has 0 radical (unpaired) electrons. The zero-order valence-corrected chi connectivity index (χ0v) is 14.3. The van der Waals surface area contributed by atoms with Crippen LogP contribution in [-0.2, 0) is 17.9 Å². The van der Waals surface area contributed by atoms with Crippen molar-refractivity contribution in [1.82, 2.24) is 4.57 Å². The van der Waals surface area contributed by atoms with Crippen molar-refractivity contribution in [2.24, 2.45) is 5.73 Å². The van der Waals surface area contributed by atoms with Gasteiger partial charge in [-0.25, -0.2) is 0 Å². The van der Waals surface area contributed by atoms with E-state index in [0.717, 1.165) is 22.4 Å². The van der Waals surface area contributed by atoms with Crippen LogP contribution in [0, 0.1) is 10.1 Å². The SMILES string of the molecule is NC(=O)c1cc([N+](=O)[O-])cn(CC(O)COCc2ccc(Cl)cc2)c1=O. The molecule has 3 N–H and O–H groups in total. The van der Waals surface area contributed by atoms with Crippen LogP contribution in [0.25, 0.3) is 0 Å². The predicted octanol–water partition coefficient (Wildman–Crippen LogP) is 1.09. The summed E-state index contributed by atoms with van der Waals surface area (Å²) in [6.45, 7) is -0.199. The molecule has 0 aliphatic heterocycles. The Kier molecular flexibility index (Phi) is 6.45. The number of benzene rings is 1. The number of aliphatic hydroxyl groups excluding tert-OH is 1. The second-order valence-corrected chi connectivity index (χ2v) is 5.92. The van der Waals surface area contributed by atoms with Gasteiger partial charge in [0, 0.05) is 11.1 Å². The van der Waals surface area contributed by atoms with Gasteiger partial charge in [0.1, 0.15) is 5.56 Å². The summed E-state index contributed by atoms with van der Waals surface area (Å²) >= 11 is 5.78. The minimum absolute atomic E-state index is 0.121. The number of carbonyl (C=O) groups is 1. The van der Waals surface area contributed by atoms with E-state index in [4.69, 9.17) is 22.1 Å². The van der Waals surface area contributed by atoms with E-state index >= 15 is 0 Å². The fourth-order valence-corrected chi connectivity index (χ4v) is 2.33. The first-order valence-electron chi connectivity index (χ1n) is 7.47. The second-order valence-electron chi connectivity index (χ2n) is 5.49. The number of aromatic nitrogens is 1. The van der Waals surface area contributed by atoms with Gasteiger partial charge in [-0.05, 0) is 17.7 Å². The van der Waals surface area contributed by atoms with Crippen molar-refractivity contribution in [2.75, 3.05) is 6.61 Å². The summed E-state index contributed by atoms with van der Waals surface area (Å²) in [5.74, 6) is -1.08. The Morgan fingerprint density at radius 2 is 2.04 bits per heavy atom. The fourth-order valence-electron chi connectivity index (χ4n) is 2.21. The average Bonchev–Trinajstić information content (AvgIpc) is 2.58. The topological polar surface area (TPSA) is 138 Å². The van der Waals surface area contributed by atoms with Crippen LogP contribution in [0.1, 0.15) is 15.9 Å². The first kappa shape index (κ1) is 19.6. The number of pyridine rings is 1. The molecule has 0 aliphatic rings. The van der Waals surface area contributed by atoms with Gasteiger partial charge in [0.25, 0.3) is 17.2 Å². The lowest BCUT2D eigenvalue weighted by atomic mass is 10.2. The number of rotatable bonds is 8. The van der Waals surface area contributed by atoms with Gasteiger partial charge in [0.2, 0.25) is 0 Å². The van der Waals surface area contributed by atoms with Crippen LogP contribution in [0.5, 0.6) is 0 Å². The molecule has 0 saturated carbocycles. The Labute approximate surface area is 152 Å². The summed E-state index contributed by atoms with van der Waals surface area (Å²) in [6.07, 6.45) is -0.181. The molecule has 1 aromatic carbocycles. The Balaban J connectivity index is 2.04. The van der Waals surface area contributed by atoms with Crippen molar-refractivity contribution in [3.05, 3.63) is 73.1 Å². The summed E-state index contributed by atoms with van der Waals surface area (Å²) in [5, 5.41) is 21.5. The van der Waals surface area contributed by atoms with Gasteiger partial charge in [-0.2, -0.15) is 0 Å². The fraction of sp³-hybridized carbons (Fsp3) is 0.250. The molecule has 9 nitrogen and oxygen atoms in total. The molecule has 1 atom stereocenters. The molecular formula is C16H16ClN3O6. The summed E-state index contributed by atoms with van der Waals surface area (Å²) in [6, 6.07) is 7.73. The Morgan fingerprint density at radius 3 is 2.62 bits per heavy atom. The highest BCUT2D eigenvalue weighted by molar-refractivity contribution is 6.30. The number of nitrogens with two attached hydrogens (primary N) is 1. The molecule has 10 heteroatoms. The number of hydrogen-bond acceptors (Lipinski definition) is 6. The lowest BCUT2D eigenvalue weighted by molar-refractivity contribution is -0.385. The van der Waals surface area contributed by atoms with Crippen LogP contribution >= 0.6 is 11.6 Å². The van der Waals surface area contributed by atoms with E-state index in [1.165, 1.54) is 0 Å². The van der Waals surface area contributed by atoms with Crippen molar-refractivity contribution in [2.45, 2.75) is 19.3 Å². The Bertz CT molecular complexity index is 865. The number of carbonyl (C=O) groups excluding carboxylic acids is 1. The molecule has 1 unspecified atom stereocenters. The number of aliphatic hydroxyl groups is 1. The number of hydrogen-bond donors (Lipinski definition) is 2.